The van der Waals surface area contributed by atoms with Gasteiger partial charge in [-0.05, 0) is 181 Å². The maximum absolute atomic E-state index is 14.1. The lowest BCUT2D eigenvalue weighted by atomic mass is 9.94. The van der Waals surface area contributed by atoms with Gasteiger partial charge in [-0.3, -0.25) is 0 Å². The standard InChI is InChI=1S/C51H54F2/c1-34-28-40(16-26-48(34)44-22-18-42(19-23-44)46-30-36(3)50(52)37(4)31-46)14-12-10-8-7-9-11-13-15-41-17-27-49(35(2)29-41)45-24-20-43(21-25-45)47-32-38(5)51(53)39(6)33-47/h16-33H,7-15H2,1-6H3. The molecule has 0 amide bonds. The Morgan fingerprint density at radius 3 is 0.925 bits per heavy atom. The van der Waals surface area contributed by atoms with Gasteiger partial charge in [-0.25, -0.2) is 8.78 Å². The van der Waals surface area contributed by atoms with Crippen molar-refractivity contribution in [3.8, 4) is 44.5 Å². The molecule has 0 aromatic heterocycles. The van der Waals surface area contributed by atoms with E-state index >= 15 is 0 Å². The minimum atomic E-state index is -0.114. The molecule has 0 saturated heterocycles. The van der Waals surface area contributed by atoms with E-state index in [-0.39, 0.29) is 11.6 Å². The average Bonchev–Trinajstić information content (AvgIpc) is 3.15. The predicted molar refractivity (Wildman–Crippen MR) is 223 cm³/mol. The lowest BCUT2D eigenvalue weighted by Crippen LogP contribution is -1.92. The van der Waals surface area contributed by atoms with E-state index in [1.807, 2.05) is 52.0 Å². The van der Waals surface area contributed by atoms with Gasteiger partial charge in [-0.15, -0.1) is 0 Å². The Bertz CT molecular complexity index is 1970. The SMILES string of the molecule is Cc1cc(CCCCCCCCCc2ccc(-c3ccc(-c4cc(C)c(F)c(C)c4)cc3)c(C)c2)ccc1-c1ccc(-c2cc(C)c(F)c(C)c2)cc1. The molecule has 0 nitrogen and oxygen atoms in total. The van der Waals surface area contributed by atoms with Crippen LogP contribution in [0.15, 0.2) is 109 Å². The topological polar surface area (TPSA) is 0 Å². The lowest BCUT2D eigenvalue weighted by molar-refractivity contribution is 0.579. The Balaban J connectivity index is 0.889. The Morgan fingerprint density at radius 1 is 0.302 bits per heavy atom. The summed E-state index contributed by atoms with van der Waals surface area (Å²) in [6.45, 7) is 11.8. The lowest BCUT2D eigenvalue weighted by Gasteiger charge is -2.11. The van der Waals surface area contributed by atoms with Crippen molar-refractivity contribution in [3.05, 3.63) is 165 Å². The molecule has 0 saturated carbocycles. The number of halogens is 2. The van der Waals surface area contributed by atoms with E-state index in [4.69, 9.17) is 0 Å². The Labute approximate surface area is 317 Å². The van der Waals surface area contributed by atoms with Gasteiger partial charge in [-0.2, -0.15) is 0 Å². The molecule has 0 bridgehead atoms. The Kier molecular flexibility index (Phi) is 12.4. The number of hydrogen-bond acceptors (Lipinski definition) is 0. The number of hydrogen-bond donors (Lipinski definition) is 0. The molecule has 0 radical (unpaired) electrons. The van der Waals surface area contributed by atoms with Crippen LogP contribution in [-0.2, 0) is 12.8 Å². The second-order valence-electron chi connectivity index (χ2n) is 15.3. The van der Waals surface area contributed by atoms with Crippen LogP contribution in [0.25, 0.3) is 44.5 Å². The van der Waals surface area contributed by atoms with E-state index in [1.54, 1.807) is 0 Å². The van der Waals surface area contributed by atoms with Crippen molar-refractivity contribution in [1.29, 1.82) is 0 Å². The molecule has 0 aliphatic heterocycles. The first-order valence-electron chi connectivity index (χ1n) is 19.5. The molecule has 0 atom stereocenters. The van der Waals surface area contributed by atoms with Crippen LogP contribution in [0.1, 0.15) is 89.5 Å². The molecule has 0 aliphatic carbocycles. The molecule has 2 heteroatoms. The van der Waals surface area contributed by atoms with E-state index in [2.05, 4.69) is 98.8 Å². The van der Waals surface area contributed by atoms with E-state index in [1.165, 1.54) is 89.5 Å². The molecule has 6 aromatic rings. The summed E-state index contributed by atoms with van der Waals surface area (Å²) in [5.74, 6) is -0.228. The van der Waals surface area contributed by atoms with Crippen LogP contribution in [0, 0.1) is 53.2 Å². The van der Waals surface area contributed by atoms with Crippen molar-refractivity contribution in [2.75, 3.05) is 0 Å². The summed E-state index contributed by atoms with van der Waals surface area (Å²) in [6, 6.07) is 38.9. The van der Waals surface area contributed by atoms with E-state index in [0.29, 0.717) is 22.3 Å². The predicted octanol–water partition coefficient (Wildman–Crippen LogP) is 15.0. The molecule has 53 heavy (non-hydrogen) atoms. The highest BCUT2D eigenvalue weighted by Gasteiger charge is 2.10. The molecule has 0 unspecified atom stereocenters. The smallest absolute Gasteiger partial charge is 0.129 e. The van der Waals surface area contributed by atoms with Crippen LogP contribution in [0.4, 0.5) is 8.78 Å². The molecule has 6 rings (SSSR count). The molecule has 0 spiro atoms. The second-order valence-corrected chi connectivity index (χ2v) is 15.3. The van der Waals surface area contributed by atoms with Gasteiger partial charge in [0.25, 0.3) is 0 Å². The van der Waals surface area contributed by atoms with Crippen LogP contribution < -0.4 is 0 Å². The second kappa shape index (κ2) is 17.3. The summed E-state index contributed by atoms with van der Waals surface area (Å²) < 4.78 is 28.2. The van der Waals surface area contributed by atoms with E-state index < -0.39 is 0 Å². The van der Waals surface area contributed by atoms with Gasteiger partial charge in [0, 0.05) is 0 Å². The first-order chi connectivity index (χ1) is 25.6. The van der Waals surface area contributed by atoms with Crippen molar-refractivity contribution in [1.82, 2.24) is 0 Å². The first-order valence-corrected chi connectivity index (χ1v) is 19.5. The number of aryl methyl sites for hydroxylation is 8. The quantitative estimate of drug-likeness (QED) is 0.0990. The van der Waals surface area contributed by atoms with Crippen LogP contribution in [0.5, 0.6) is 0 Å². The van der Waals surface area contributed by atoms with Gasteiger partial charge in [0.1, 0.15) is 11.6 Å². The van der Waals surface area contributed by atoms with Crippen LogP contribution in [0.3, 0.4) is 0 Å². The highest BCUT2D eigenvalue weighted by molar-refractivity contribution is 5.74. The first kappa shape index (κ1) is 37.9. The van der Waals surface area contributed by atoms with Crippen molar-refractivity contribution in [2.45, 2.75) is 99.3 Å². The van der Waals surface area contributed by atoms with Gasteiger partial charge in [0.05, 0.1) is 0 Å². The molecule has 0 heterocycles. The molecule has 6 aromatic carbocycles. The summed E-state index contributed by atoms with van der Waals surface area (Å²) in [5.41, 5.74) is 17.6. The fraction of sp³-hybridized carbons (Fsp3) is 0.294. The van der Waals surface area contributed by atoms with Gasteiger partial charge in [0.15, 0.2) is 0 Å². The molecule has 0 aliphatic rings. The van der Waals surface area contributed by atoms with Gasteiger partial charge >= 0.3 is 0 Å². The summed E-state index contributed by atoms with van der Waals surface area (Å²) in [4.78, 5) is 0. The zero-order valence-corrected chi connectivity index (χ0v) is 32.5. The molecule has 272 valence electrons. The summed E-state index contributed by atoms with van der Waals surface area (Å²) in [5, 5.41) is 0. The third-order valence-corrected chi connectivity index (χ3v) is 10.9. The normalized spacial score (nSPS) is 11.3. The van der Waals surface area contributed by atoms with Crippen molar-refractivity contribution in [3.63, 3.8) is 0 Å². The largest absolute Gasteiger partial charge is 0.206 e. The molecular formula is C51H54F2. The van der Waals surface area contributed by atoms with Gasteiger partial charge in [0.2, 0.25) is 0 Å². The van der Waals surface area contributed by atoms with Crippen LogP contribution in [0.2, 0.25) is 0 Å². The summed E-state index contributed by atoms with van der Waals surface area (Å²) in [7, 11) is 0. The summed E-state index contributed by atoms with van der Waals surface area (Å²) in [6.07, 6.45) is 11.3. The number of unbranched alkanes of at least 4 members (excludes halogenated alkanes) is 6. The third-order valence-electron chi connectivity index (χ3n) is 10.9. The zero-order valence-electron chi connectivity index (χ0n) is 32.5. The minimum absolute atomic E-state index is 0.114. The Morgan fingerprint density at radius 2 is 0.604 bits per heavy atom. The number of rotatable bonds is 14. The van der Waals surface area contributed by atoms with E-state index in [0.717, 1.165) is 35.1 Å². The molecule has 0 fully saturated rings. The fourth-order valence-corrected chi connectivity index (χ4v) is 7.86. The van der Waals surface area contributed by atoms with Gasteiger partial charge < -0.3 is 0 Å². The Hall–Kier alpha value is -4.82. The molecular weight excluding hydrogens is 651 g/mol. The monoisotopic (exact) mass is 704 g/mol. The van der Waals surface area contributed by atoms with Crippen molar-refractivity contribution in [2.24, 2.45) is 0 Å². The van der Waals surface area contributed by atoms with Crippen molar-refractivity contribution < 1.29 is 8.78 Å². The fourth-order valence-electron chi connectivity index (χ4n) is 7.86. The van der Waals surface area contributed by atoms with Gasteiger partial charge in [-0.1, -0.05) is 117 Å². The summed E-state index contributed by atoms with van der Waals surface area (Å²) >= 11 is 0. The van der Waals surface area contributed by atoms with E-state index in [9.17, 15) is 8.78 Å². The van der Waals surface area contributed by atoms with Crippen LogP contribution >= 0.6 is 0 Å². The van der Waals surface area contributed by atoms with Crippen LogP contribution in [-0.4, -0.2) is 0 Å². The zero-order chi connectivity index (χ0) is 37.5. The highest BCUT2D eigenvalue weighted by atomic mass is 19.1. The third kappa shape index (κ3) is 9.41. The molecule has 0 N–H and O–H groups in total. The maximum Gasteiger partial charge on any atom is 0.129 e. The van der Waals surface area contributed by atoms with Crippen molar-refractivity contribution >= 4 is 0 Å². The number of benzene rings is 6. The average molecular weight is 705 g/mol. The minimum Gasteiger partial charge on any atom is -0.206 e. The highest BCUT2D eigenvalue weighted by Crippen LogP contribution is 2.32. The maximum atomic E-state index is 14.1.